The van der Waals surface area contributed by atoms with Crippen LogP contribution in [0.5, 0.6) is 0 Å². The van der Waals surface area contributed by atoms with Crippen LogP contribution in [0.3, 0.4) is 0 Å². The Morgan fingerprint density at radius 3 is 2.70 bits per heavy atom. The molecule has 1 N–H and O–H groups in total. The van der Waals surface area contributed by atoms with Crippen molar-refractivity contribution in [1.29, 1.82) is 0 Å². The third-order valence-electron chi connectivity index (χ3n) is 4.68. The quantitative estimate of drug-likeness (QED) is 0.866. The van der Waals surface area contributed by atoms with E-state index in [2.05, 4.69) is 39.8 Å². The summed E-state index contributed by atoms with van der Waals surface area (Å²) in [6, 6.07) is 1.34. The van der Waals surface area contributed by atoms with Crippen LogP contribution in [0.15, 0.2) is 12.5 Å². The summed E-state index contributed by atoms with van der Waals surface area (Å²) in [5.41, 5.74) is 1.38. The van der Waals surface area contributed by atoms with Crippen molar-refractivity contribution in [3.05, 3.63) is 18.2 Å². The Morgan fingerprint density at radius 1 is 1.30 bits per heavy atom. The third-order valence-corrected chi connectivity index (χ3v) is 4.68. The van der Waals surface area contributed by atoms with Gasteiger partial charge in [-0.25, -0.2) is 4.98 Å². The van der Waals surface area contributed by atoms with Gasteiger partial charge >= 0.3 is 0 Å². The molecule has 3 rings (SSSR count). The SMILES string of the molecule is CC(C)n1cncc1CN(CC1CCNCC1)C1CC1. The van der Waals surface area contributed by atoms with Crippen molar-refractivity contribution >= 4 is 0 Å². The number of piperidine rings is 1. The van der Waals surface area contributed by atoms with E-state index in [1.807, 2.05) is 6.33 Å². The molecule has 1 aliphatic heterocycles. The molecule has 1 saturated carbocycles. The zero-order valence-corrected chi connectivity index (χ0v) is 12.9. The fourth-order valence-electron chi connectivity index (χ4n) is 3.31. The van der Waals surface area contributed by atoms with Crippen molar-refractivity contribution in [3.63, 3.8) is 0 Å². The van der Waals surface area contributed by atoms with Crippen LogP contribution in [0.1, 0.15) is 51.3 Å². The molecule has 2 fully saturated rings. The van der Waals surface area contributed by atoms with Gasteiger partial charge < -0.3 is 9.88 Å². The molecule has 0 radical (unpaired) electrons. The monoisotopic (exact) mass is 276 g/mol. The predicted octanol–water partition coefficient (Wildman–Crippen LogP) is 2.43. The van der Waals surface area contributed by atoms with E-state index in [4.69, 9.17) is 0 Å². The number of imidazole rings is 1. The van der Waals surface area contributed by atoms with E-state index < -0.39 is 0 Å². The molecule has 0 amide bonds. The van der Waals surface area contributed by atoms with Crippen LogP contribution in [-0.2, 0) is 6.54 Å². The molecule has 2 heterocycles. The van der Waals surface area contributed by atoms with Crippen LogP contribution in [0.25, 0.3) is 0 Å². The average Bonchev–Trinajstić information content (AvgIpc) is 3.19. The van der Waals surface area contributed by atoms with Gasteiger partial charge in [0.2, 0.25) is 0 Å². The maximum atomic E-state index is 4.35. The van der Waals surface area contributed by atoms with Gasteiger partial charge in [-0.1, -0.05) is 0 Å². The Bertz CT molecular complexity index is 416. The van der Waals surface area contributed by atoms with Crippen molar-refractivity contribution in [3.8, 4) is 0 Å². The highest BCUT2D eigenvalue weighted by Gasteiger charge is 2.31. The van der Waals surface area contributed by atoms with Gasteiger partial charge in [-0.15, -0.1) is 0 Å². The predicted molar refractivity (Wildman–Crippen MR) is 81.6 cm³/mol. The molecule has 20 heavy (non-hydrogen) atoms. The smallest absolute Gasteiger partial charge is 0.0951 e. The van der Waals surface area contributed by atoms with Crippen LogP contribution in [-0.4, -0.2) is 40.1 Å². The normalized spacial score (nSPS) is 21.0. The van der Waals surface area contributed by atoms with Crippen LogP contribution in [0, 0.1) is 5.92 Å². The number of aromatic nitrogens is 2. The van der Waals surface area contributed by atoms with Gasteiger partial charge in [0.15, 0.2) is 0 Å². The van der Waals surface area contributed by atoms with Crippen LogP contribution in [0.4, 0.5) is 0 Å². The van der Waals surface area contributed by atoms with Gasteiger partial charge in [0, 0.05) is 31.4 Å². The van der Waals surface area contributed by atoms with Crippen molar-refractivity contribution < 1.29 is 0 Å². The zero-order chi connectivity index (χ0) is 13.9. The number of hydrogen-bond donors (Lipinski definition) is 1. The number of nitrogens with one attached hydrogen (secondary N) is 1. The van der Waals surface area contributed by atoms with Crippen LogP contribution in [0.2, 0.25) is 0 Å². The summed E-state index contributed by atoms with van der Waals surface area (Å²) in [6.07, 6.45) is 9.49. The highest BCUT2D eigenvalue weighted by atomic mass is 15.2. The first-order chi connectivity index (χ1) is 9.74. The second kappa shape index (κ2) is 6.27. The molecule has 1 aliphatic carbocycles. The fourth-order valence-corrected chi connectivity index (χ4v) is 3.31. The largest absolute Gasteiger partial charge is 0.331 e. The second-order valence-electron chi connectivity index (χ2n) is 6.74. The maximum Gasteiger partial charge on any atom is 0.0951 e. The summed E-state index contributed by atoms with van der Waals surface area (Å²) in [5.74, 6) is 0.882. The van der Waals surface area contributed by atoms with Crippen LogP contribution < -0.4 is 5.32 Å². The molecule has 0 atom stereocenters. The average molecular weight is 276 g/mol. The van der Waals surface area contributed by atoms with E-state index in [0.29, 0.717) is 6.04 Å². The molecule has 0 spiro atoms. The zero-order valence-electron chi connectivity index (χ0n) is 12.9. The molecular formula is C16H28N4. The van der Waals surface area contributed by atoms with Gasteiger partial charge in [0.1, 0.15) is 0 Å². The molecule has 0 bridgehead atoms. The van der Waals surface area contributed by atoms with E-state index in [-0.39, 0.29) is 0 Å². The highest BCUT2D eigenvalue weighted by molar-refractivity contribution is 5.02. The Balaban J connectivity index is 1.63. The lowest BCUT2D eigenvalue weighted by atomic mass is 9.97. The summed E-state index contributed by atoms with van der Waals surface area (Å²) in [7, 11) is 0. The second-order valence-corrected chi connectivity index (χ2v) is 6.74. The lowest BCUT2D eigenvalue weighted by molar-refractivity contribution is 0.186. The summed E-state index contributed by atoms with van der Waals surface area (Å²) in [5, 5.41) is 3.47. The minimum atomic E-state index is 0.507. The van der Waals surface area contributed by atoms with Gasteiger partial charge in [-0.2, -0.15) is 0 Å². The molecule has 1 saturated heterocycles. The van der Waals surface area contributed by atoms with Gasteiger partial charge in [0.05, 0.1) is 12.0 Å². The fraction of sp³-hybridized carbons (Fsp3) is 0.812. The van der Waals surface area contributed by atoms with E-state index in [1.165, 1.54) is 51.0 Å². The minimum Gasteiger partial charge on any atom is -0.331 e. The molecule has 1 aromatic heterocycles. The first-order valence-corrected chi connectivity index (χ1v) is 8.19. The third kappa shape index (κ3) is 3.41. The Labute approximate surface area is 122 Å². The van der Waals surface area contributed by atoms with Crippen molar-refractivity contribution in [2.75, 3.05) is 19.6 Å². The first-order valence-electron chi connectivity index (χ1n) is 8.19. The van der Waals surface area contributed by atoms with E-state index in [9.17, 15) is 0 Å². The lowest BCUT2D eigenvalue weighted by Crippen LogP contribution is -2.37. The summed E-state index contributed by atoms with van der Waals surface area (Å²) in [4.78, 5) is 7.06. The molecule has 2 aliphatic rings. The van der Waals surface area contributed by atoms with E-state index in [1.54, 1.807) is 0 Å². The van der Waals surface area contributed by atoms with Crippen molar-refractivity contribution in [1.82, 2.24) is 19.8 Å². The molecule has 112 valence electrons. The minimum absolute atomic E-state index is 0.507. The lowest BCUT2D eigenvalue weighted by Gasteiger charge is -2.30. The Hall–Kier alpha value is -0.870. The standard InChI is InChI=1S/C16H28N4/c1-13(2)20-12-18-9-16(20)11-19(15-3-4-15)10-14-5-7-17-8-6-14/h9,12-15,17H,3-8,10-11H2,1-2H3. The highest BCUT2D eigenvalue weighted by Crippen LogP contribution is 2.30. The van der Waals surface area contributed by atoms with Crippen molar-refractivity contribution in [2.24, 2.45) is 5.92 Å². The topological polar surface area (TPSA) is 33.1 Å². The van der Waals surface area contributed by atoms with Gasteiger partial charge in [-0.05, 0) is 58.5 Å². The van der Waals surface area contributed by atoms with Gasteiger partial charge in [-0.3, -0.25) is 4.90 Å². The summed E-state index contributed by atoms with van der Waals surface area (Å²) >= 11 is 0. The Morgan fingerprint density at radius 2 is 2.05 bits per heavy atom. The van der Waals surface area contributed by atoms with E-state index in [0.717, 1.165) is 18.5 Å². The van der Waals surface area contributed by atoms with Gasteiger partial charge in [0.25, 0.3) is 0 Å². The molecule has 0 unspecified atom stereocenters. The summed E-state index contributed by atoms with van der Waals surface area (Å²) < 4.78 is 2.32. The maximum absolute atomic E-state index is 4.35. The molecule has 4 heteroatoms. The molecule has 4 nitrogen and oxygen atoms in total. The molecule has 1 aromatic rings. The Kier molecular flexibility index (Phi) is 4.41. The van der Waals surface area contributed by atoms with E-state index >= 15 is 0 Å². The number of hydrogen-bond acceptors (Lipinski definition) is 3. The van der Waals surface area contributed by atoms with Crippen molar-refractivity contribution in [2.45, 2.75) is 58.2 Å². The molecule has 0 aromatic carbocycles. The van der Waals surface area contributed by atoms with Crippen LogP contribution >= 0.6 is 0 Å². The summed E-state index contributed by atoms with van der Waals surface area (Å²) in [6.45, 7) is 9.22. The first kappa shape index (κ1) is 14.1. The molecular weight excluding hydrogens is 248 g/mol. The number of rotatable bonds is 6. The number of nitrogens with zero attached hydrogens (tertiary/aromatic N) is 3.